The number of hydrogen-bond donors (Lipinski definition) is 1. The van der Waals surface area contributed by atoms with Gasteiger partial charge in [-0.1, -0.05) is 54.6 Å². The number of benzene rings is 3. The Morgan fingerprint density at radius 2 is 1.62 bits per heavy atom. The molecule has 0 aliphatic heterocycles. The van der Waals surface area contributed by atoms with E-state index in [1.165, 1.54) is 17.7 Å². The second-order valence-corrected chi connectivity index (χ2v) is 6.41. The Bertz CT molecular complexity index is 927. The van der Waals surface area contributed by atoms with E-state index >= 15 is 0 Å². The average Bonchev–Trinajstić information content (AvgIpc) is 2.66. The molecule has 0 aromatic heterocycles. The van der Waals surface area contributed by atoms with E-state index < -0.39 is 0 Å². The third kappa shape index (κ3) is 4.09. The van der Waals surface area contributed by atoms with E-state index in [0.29, 0.717) is 18.7 Å². The fourth-order valence-corrected chi connectivity index (χ4v) is 2.97. The average molecular weight is 346 g/mol. The zero-order valence-electron chi connectivity index (χ0n) is 15.0. The van der Waals surface area contributed by atoms with Gasteiger partial charge in [0.15, 0.2) is 0 Å². The molecular weight excluding hydrogens is 324 g/mol. The van der Waals surface area contributed by atoms with Crippen molar-refractivity contribution in [2.24, 2.45) is 0 Å². The molecule has 0 heterocycles. The minimum Gasteiger partial charge on any atom is -0.352 e. The van der Waals surface area contributed by atoms with Crippen molar-refractivity contribution in [3.05, 3.63) is 83.4 Å². The Hall–Kier alpha value is -3.14. The van der Waals surface area contributed by atoms with E-state index in [-0.39, 0.29) is 11.8 Å². The van der Waals surface area contributed by atoms with Crippen LogP contribution >= 0.6 is 0 Å². The van der Waals surface area contributed by atoms with Gasteiger partial charge < -0.3 is 10.2 Å². The lowest BCUT2D eigenvalue weighted by Crippen LogP contribution is -2.26. The molecule has 3 rings (SSSR count). The van der Waals surface area contributed by atoms with Gasteiger partial charge in [-0.2, -0.15) is 0 Å². The molecule has 0 atom stereocenters. The molecule has 1 N–H and O–H groups in total. The zero-order valence-corrected chi connectivity index (χ0v) is 15.0. The number of nitrogens with zero attached hydrogens (tertiary/aromatic N) is 1. The predicted octanol–water partition coefficient (Wildman–Crippen LogP) is 3.75. The summed E-state index contributed by atoms with van der Waals surface area (Å²) >= 11 is 0. The van der Waals surface area contributed by atoms with Gasteiger partial charge in [0.1, 0.15) is 0 Å². The van der Waals surface area contributed by atoms with E-state index in [1.54, 1.807) is 17.0 Å². The second-order valence-electron chi connectivity index (χ2n) is 6.41. The van der Waals surface area contributed by atoms with Crippen LogP contribution in [0.2, 0.25) is 0 Å². The summed E-state index contributed by atoms with van der Waals surface area (Å²) in [6, 6.07) is 21.7. The highest BCUT2D eigenvalue weighted by Gasteiger charge is 2.13. The molecule has 4 heteroatoms. The normalized spacial score (nSPS) is 10.5. The third-order valence-corrected chi connectivity index (χ3v) is 4.38. The summed E-state index contributed by atoms with van der Waals surface area (Å²) in [6.45, 7) is 2.50. The van der Waals surface area contributed by atoms with E-state index in [4.69, 9.17) is 0 Å². The van der Waals surface area contributed by atoms with E-state index in [1.807, 2.05) is 37.4 Å². The van der Waals surface area contributed by atoms with Crippen LogP contribution in [-0.4, -0.2) is 23.8 Å². The molecule has 0 fully saturated rings. The van der Waals surface area contributed by atoms with Crippen LogP contribution in [0.25, 0.3) is 10.8 Å². The van der Waals surface area contributed by atoms with Gasteiger partial charge in [-0.3, -0.25) is 9.59 Å². The van der Waals surface area contributed by atoms with Crippen molar-refractivity contribution in [1.82, 2.24) is 10.2 Å². The van der Waals surface area contributed by atoms with Crippen molar-refractivity contribution in [1.29, 1.82) is 0 Å². The number of rotatable bonds is 5. The quantitative estimate of drug-likeness (QED) is 0.765. The minimum atomic E-state index is -0.0695. The molecule has 0 radical (unpaired) electrons. The molecule has 0 bridgehead atoms. The highest BCUT2D eigenvalue weighted by Crippen LogP contribution is 2.20. The van der Waals surface area contributed by atoms with Crippen LogP contribution in [0.5, 0.6) is 0 Å². The van der Waals surface area contributed by atoms with Crippen molar-refractivity contribution in [3.8, 4) is 0 Å². The highest BCUT2D eigenvalue weighted by atomic mass is 16.2. The Balaban J connectivity index is 1.72. The van der Waals surface area contributed by atoms with Gasteiger partial charge in [-0.25, -0.2) is 0 Å². The van der Waals surface area contributed by atoms with Crippen molar-refractivity contribution >= 4 is 22.6 Å². The molecule has 0 spiro atoms. The molecule has 0 unspecified atom stereocenters. The third-order valence-electron chi connectivity index (χ3n) is 4.38. The van der Waals surface area contributed by atoms with Crippen LogP contribution in [0, 0.1) is 0 Å². The van der Waals surface area contributed by atoms with Crippen molar-refractivity contribution < 1.29 is 9.59 Å². The lowest BCUT2D eigenvalue weighted by atomic mass is 10.0. The van der Waals surface area contributed by atoms with Crippen LogP contribution in [0.3, 0.4) is 0 Å². The molecule has 132 valence electrons. The molecule has 3 aromatic rings. The summed E-state index contributed by atoms with van der Waals surface area (Å²) in [5, 5.41) is 5.09. The maximum Gasteiger partial charge on any atom is 0.253 e. The highest BCUT2D eigenvalue weighted by molar-refractivity contribution is 5.94. The fraction of sp³-hybridized carbons (Fsp3) is 0.182. The maximum atomic E-state index is 12.7. The Morgan fingerprint density at radius 3 is 2.35 bits per heavy atom. The van der Waals surface area contributed by atoms with Crippen molar-refractivity contribution in [2.45, 2.75) is 20.0 Å². The number of carbonyl (C=O) groups is 2. The Morgan fingerprint density at radius 1 is 0.923 bits per heavy atom. The monoisotopic (exact) mass is 346 g/mol. The largest absolute Gasteiger partial charge is 0.352 e. The topological polar surface area (TPSA) is 49.4 Å². The molecule has 3 aromatic carbocycles. The summed E-state index contributed by atoms with van der Waals surface area (Å²) in [6.07, 6.45) is 0. The minimum absolute atomic E-state index is 0.0241. The lowest BCUT2D eigenvalue weighted by molar-refractivity contribution is -0.119. The van der Waals surface area contributed by atoms with Gasteiger partial charge in [0, 0.05) is 32.6 Å². The van der Waals surface area contributed by atoms with Gasteiger partial charge in [0.05, 0.1) is 0 Å². The van der Waals surface area contributed by atoms with Crippen LogP contribution in [-0.2, 0) is 17.9 Å². The smallest absolute Gasteiger partial charge is 0.253 e. The summed E-state index contributed by atoms with van der Waals surface area (Å²) in [5.41, 5.74) is 2.73. The Labute approximate surface area is 153 Å². The van der Waals surface area contributed by atoms with Crippen LogP contribution in [0.1, 0.15) is 28.4 Å². The molecule has 26 heavy (non-hydrogen) atoms. The van der Waals surface area contributed by atoms with E-state index in [2.05, 4.69) is 29.6 Å². The fourth-order valence-electron chi connectivity index (χ4n) is 2.97. The van der Waals surface area contributed by atoms with E-state index in [9.17, 15) is 9.59 Å². The summed E-state index contributed by atoms with van der Waals surface area (Å²) in [7, 11) is 1.81. The van der Waals surface area contributed by atoms with Gasteiger partial charge in [-0.15, -0.1) is 0 Å². The molecular formula is C22H22N2O2. The molecule has 0 saturated carbocycles. The lowest BCUT2D eigenvalue weighted by Gasteiger charge is -2.19. The zero-order chi connectivity index (χ0) is 18.5. The molecule has 0 aliphatic carbocycles. The van der Waals surface area contributed by atoms with Gasteiger partial charge in [0.25, 0.3) is 5.91 Å². The van der Waals surface area contributed by atoms with Crippen molar-refractivity contribution in [2.75, 3.05) is 7.05 Å². The summed E-state index contributed by atoms with van der Waals surface area (Å²) in [5.74, 6) is -0.0935. The number of nitrogens with one attached hydrogen (secondary N) is 1. The molecule has 4 nitrogen and oxygen atoms in total. The van der Waals surface area contributed by atoms with Gasteiger partial charge >= 0.3 is 0 Å². The number of fused-ring (bicyclic) bond motifs is 1. The summed E-state index contributed by atoms with van der Waals surface area (Å²) in [4.78, 5) is 25.4. The molecule has 0 saturated heterocycles. The van der Waals surface area contributed by atoms with Crippen LogP contribution in [0.15, 0.2) is 66.7 Å². The first-order valence-electron chi connectivity index (χ1n) is 8.60. The first-order valence-corrected chi connectivity index (χ1v) is 8.60. The SMILES string of the molecule is CC(=O)NCc1ccc(C(=O)N(C)Cc2cccc3ccccc23)cc1. The van der Waals surface area contributed by atoms with Gasteiger partial charge in [0.2, 0.25) is 5.91 Å². The van der Waals surface area contributed by atoms with Crippen molar-refractivity contribution in [3.63, 3.8) is 0 Å². The van der Waals surface area contributed by atoms with Gasteiger partial charge in [-0.05, 0) is 34.0 Å². The first kappa shape index (κ1) is 17.7. The molecule has 0 aliphatic rings. The van der Waals surface area contributed by atoms with Crippen LogP contribution < -0.4 is 5.32 Å². The standard InChI is InChI=1S/C22H22N2O2/c1-16(25)23-14-17-10-12-19(13-11-17)22(26)24(2)15-20-8-5-7-18-6-3-4-9-21(18)20/h3-13H,14-15H2,1-2H3,(H,23,25). The van der Waals surface area contributed by atoms with Crippen LogP contribution in [0.4, 0.5) is 0 Å². The predicted molar refractivity (Wildman–Crippen MR) is 104 cm³/mol. The summed E-state index contributed by atoms with van der Waals surface area (Å²) < 4.78 is 0. The maximum absolute atomic E-state index is 12.7. The number of hydrogen-bond acceptors (Lipinski definition) is 2. The second kappa shape index (κ2) is 7.83. The Kier molecular flexibility index (Phi) is 5.32. The molecule has 2 amide bonds. The van der Waals surface area contributed by atoms with E-state index in [0.717, 1.165) is 11.1 Å². The number of amides is 2. The number of carbonyl (C=O) groups excluding carboxylic acids is 2. The first-order chi connectivity index (χ1) is 12.5.